The molecule has 1 heterocycles. The molecule has 4 nitrogen and oxygen atoms in total. The van der Waals surface area contributed by atoms with E-state index in [2.05, 4.69) is 5.32 Å². The highest BCUT2D eigenvalue weighted by Crippen LogP contribution is 2.13. The predicted molar refractivity (Wildman–Crippen MR) is 75.3 cm³/mol. The zero-order valence-corrected chi connectivity index (χ0v) is 11.7. The Balaban J connectivity index is 1.81. The van der Waals surface area contributed by atoms with Crippen molar-refractivity contribution in [3.05, 3.63) is 29.8 Å². The van der Waals surface area contributed by atoms with Gasteiger partial charge in [0.05, 0.1) is 0 Å². The molecule has 104 valence electrons. The number of nitrogens with one attached hydrogen (secondary N) is 1. The normalized spacial score (nSPS) is 16.1. The molecule has 0 aliphatic carbocycles. The largest absolute Gasteiger partial charge is 0.484 e. The Morgan fingerprint density at radius 2 is 1.95 bits per heavy atom. The summed E-state index contributed by atoms with van der Waals surface area (Å²) in [7, 11) is 1.87. The Morgan fingerprint density at radius 1 is 1.32 bits per heavy atom. The van der Waals surface area contributed by atoms with E-state index in [0.29, 0.717) is 6.04 Å². The Morgan fingerprint density at radius 3 is 2.58 bits per heavy atom. The second-order valence-corrected chi connectivity index (χ2v) is 5.09. The van der Waals surface area contributed by atoms with Gasteiger partial charge in [0, 0.05) is 13.1 Å². The topological polar surface area (TPSA) is 41.6 Å². The van der Waals surface area contributed by atoms with Gasteiger partial charge in [-0.05, 0) is 45.0 Å². The summed E-state index contributed by atoms with van der Waals surface area (Å²) in [5.74, 6) is 0.796. The molecule has 19 heavy (non-hydrogen) atoms. The number of rotatable bonds is 4. The van der Waals surface area contributed by atoms with E-state index in [0.717, 1.165) is 31.7 Å². The van der Waals surface area contributed by atoms with Gasteiger partial charge in [-0.15, -0.1) is 0 Å². The minimum Gasteiger partial charge on any atom is -0.484 e. The lowest BCUT2D eigenvalue weighted by Gasteiger charge is -2.31. The quantitative estimate of drug-likeness (QED) is 0.896. The van der Waals surface area contributed by atoms with E-state index in [1.807, 2.05) is 43.1 Å². The summed E-state index contributed by atoms with van der Waals surface area (Å²) in [6, 6.07) is 8.10. The van der Waals surface area contributed by atoms with Crippen molar-refractivity contribution < 1.29 is 9.53 Å². The van der Waals surface area contributed by atoms with E-state index in [9.17, 15) is 4.79 Å². The van der Waals surface area contributed by atoms with Gasteiger partial charge in [-0.2, -0.15) is 0 Å². The predicted octanol–water partition coefficient (Wildman–Crippen LogP) is 1.58. The Bertz CT molecular complexity index is 411. The van der Waals surface area contributed by atoms with Gasteiger partial charge in [0.15, 0.2) is 6.61 Å². The number of ether oxygens (including phenoxy) is 1. The third kappa shape index (κ3) is 3.96. The molecule has 1 aliphatic rings. The van der Waals surface area contributed by atoms with Crippen LogP contribution in [0.5, 0.6) is 5.75 Å². The molecule has 1 aliphatic heterocycles. The summed E-state index contributed by atoms with van der Waals surface area (Å²) in [5, 5.41) is 3.30. The van der Waals surface area contributed by atoms with Gasteiger partial charge in [0.1, 0.15) is 5.75 Å². The molecule has 1 aromatic rings. The number of hydrogen-bond donors (Lipinski definition) is 1. The first-order valence-corrected chi connectivity index (χ1v) is 6.82. The summed E-state index contributed by atoms with van der Waals surface area (Å²) in [4.78, 5) is 13.9. The fraction of sp³-hybridized carbons (Fsp3) is 0.533. The van der Waals surface area contributed by atoms with Crippen molar-refractivity contribution in [2.24, 2.45) is 0 Å². The summed E-state index contributed by atoms with van der Waals surface area (Å²) < 4.78 is 5.53. The molecule has 4 heteroatoms. The number of carbonyl (C=O) groups is 1. The molecular weight excluding hydrogens is 240 g/mol. The molecule has 0 spiro atoms. The van der Waals surface area contributed by atoms with Crippen molar-refractivity contribution >= 4 is 5.91 Å². The molecule has 1 fully saturated rings. The van der Waals surface area contributed by atoms with Crippen molar-refractivity contribution in [1.29, 1.82) is 0 Å². The molecule has 0 aromatic heterocycles. The van der Waals surface area contributed by atoms with Crippen LogP contribution in [0.4, 0.5) is 0 Å². The maximum atomic E-state index is 12.1. The first-order chi connectivity index (χ1) is 9.16. The van der Waals surface area contributed by atoms with E-state index in [1.54, 1.807) is 0 Å². The van der Waals surface area contributed by atoms with E-state index in [1.165, 1.54) is 5.56 Å². The Hall–Kier alpha value is -1.55. The van der Waals surface area contributed by atoms with Gasteiger partial charge in [-0.3, -0.25) is 4.79 Å². The van der Waals surface area contributed by atoms with Gasteiger partial charge in [-0.25, -0.2) is 0 Å². The van der Waals surface area contributed by atoms with Gasteiger partial charge < -0.3 is 15.0 Å². The van der Waals surface area contributed by atoms with Crippen molar-refractivity contribution in [3.63, 3.8) is 0 Å². The number of benzene rings is 1. The van der Waals surface area contributed by atoms with Gasteiger partial charge in [-0.1, -0.05) is 17.7 Å². The first kappa shape index (κ1) is 13.9. The van der Waals surface area contributed by atoms with Crippen molar-refractivity contribution in [3.8, 4) is 5.75 Å². The van der Waals surface area contributed by atoms with Crippen molar-refractivity contribution in [2.45, 2.75) is 25.8 Å². The molecule has 0 saturated carbocycles. The highest BCUT2D eigenvalue weighted by atomic mass is 16.5. The lowest BCUT2D eigenvalue weighted by molar-refractivity contribution is -0.134. The molecule has 1 amide bonds. The lowest BCUT2D eigenvalue weighted by Crippen LogP contribution is -2.45. The van der Waals surface area contributed by atoms with Gasteiger partial charge in [0.25, 0.3) is 5.91 Å². The second-order valence-electron chi connectivity index (χ2n) is 5.09. The van der Waals surface area contributed by atoms with E-state index in [4.69, 9.17) is 4.74 Å². The monoisotopic (exact) mass is 262 g/mol. The zero-order valence-electron chi connectivity index (χ0n) is 11.7. The van der Waals surface area contributed by atoms with Crippen LogP contribution < -0.4 is 10.1 Å². The molecule has 0 atom stereocenters. The van der Waals surface area contributed by atoms with Crippen molar-refractivity contribution in [1.82, 2.24) is 10.2 Å². The minimum absolute atomic E-state index is 0.0486. The number of piperidine rings is 1. The van der Waals surface area contributed by atoms with E-state index >= 15 is 0 Å². The fourth-order valence-corrected chi connectivity index (χ4v) is 2.28. The third-order valence-electron chi connectivity index (χ3n) is 3.63. The van der Waals surface area contributed by atoms with E-state index < -0.39 is 0 Å². The lowest BCUT2D eigenvalue weighted by atomic mass is 10.1. The van der Waals surface area contributed by atoms with Crippen LogP contribution in [0.25, 0.3) is 0 Å². The number of carbonyl (C=O) groups excluding carboxylic acids is 1. The average molecular weight is 262 g/mol. The highest BCUT2D eigenvalue weighted by molar-refractivity contribution is 5.77. The third-order valence-corrected chi connectivity index (χ3v) is 3.63. The summed E-state index contributed by atoms with van der Waals surface area (Å²) in [6.07, 6.45) is 2.04. The van der Waals surface area contributed by atoms with Crippen LogP contribution in [0.1, 0.15) is 18.4 Å². The van der Waals surface area contributed by atoms with Gasteiger partial charge >= 0.3 is 0 Å². The van der Waals surface area contributed by atoms with Crippen LogP contribution in [0.2, 0.25) is 0 Å². The fourth-order valence-electron chi connectivity index (χ4n) is 2.28. The number of nitrogens with zero attached hydrogens (tertiary/aromatic N) is 1. The number of amides is 1. The maximum absolute atomic E-state index is 12.1. The van der Waals surface area contributed by atoms with Crippen LogP contribution in [0.3, 0.4) is 0 Å². The average Bonchev–Trinajstić information content (AvgIpc) is 2.46. The van der Waals surface area contributed by atoms with E-state index in [-0.39, 0.29) is 12.5 Å². The molecule has 1 saturated heterocycles. The standard InChI is InChI=1S/C15H22N2O2/c1-12-3-5-14(6-4-12)19-11-15(18)17(2)13-7-9-16-10-8-13/h3-6,13,16H,7-11H2,1-2H3. The molecule has 1 aromatic carbocycles. The molecule has 0 unspecified atom stereocenters. The summed E-state index contributed by atoms with van der Waals surface area (Å²) in [6.45, 7) is 4.12. The maximum Gasteiger partial charge on any atom is 0.260 e. The SMILES string of the molecule is Cc1ccc(OCC(=O)N(C)C2CCNCC2)cc1. The number of hydrogen-bond acceptors (Lipinski definition) is 3. The Kier molecular flexibility index (Phi) is 4.80. The zero-order chi connectivity index (χ0) is 13.7. The van der Waals surface area contributed by atoms with Crippen LogP contribution in [0, 0.1) is 6.92 Å². The van der Waals surface area contributed by atoms with Crippen LogP contribution in [0.15, 0.2) is 24.3 Å². The van der Waals surface area contributed by atoms with Crippen LogP contribution >= 0.6 is 0 Å². The second kappa shape index (κ2) is 6.57. The summed E-state index contributed by atoms with van der Waals surface area (Å²) in [5.41, 5.74) is 1.19. The minimum atomic E-state index is 0.0486. The van der Waals surface area contributed by atoms with Crippen molar-refractivity contribution in [2.75, 3.05) is 26.7 Å². The molecule has 1 N–H and O–H groups in total. The smallest absolute Gasteiger partial charge is 0.260 e. The molecule has 2 rings (SSSR count). The molecule has 0 radical (unpaired) electrons. The summed E-state index contributed by atoms with van der Waals surface area (Å²) >= 11 is 0. The Labute approximate surface area is 114 Å². The molecule has 0 bridgehead atoms. The first-order valence-electron chi connectivity index (χ1n) is 6.82. The van der Waals surface area contributed by atoms with Gasteiger partial charge in [0.2, 0.25) is 0 Å². The number of likely N-dealkylation sites (N-methyl/N-ethyl adjacent to an activating group) is 1. The van der Waals surface area contributed by atoms with Crippen LogP contribution in [-0.2, 0) is 4.79 Å². The van der Waals surface area contributed by atoms with Crippen LogP contribution in [-0.4, -0.2) is 43.6 Å². The highest BCUT2D eigenvalue weighted by Gasteiger charge is 2.21. The number of aryl methyl sites for hydroxylation is 1. The molecular formula is C15H22N2O2.